The molecule has 0 saturated heterocycles. The van der Waals surface area contributed by atoms with Crippen LogP contribution in [0.1, 0.15) is 18.9 Å². The zero-order valence-electron chi connectivity index (χ0n) is 14.3. The molecule has 0 aliphatic heterocycles. The molecule has 2 aromatic heterocycles. The van der Waals surface area contributed by atoms with Gasteiger partial charge in [-0.3, -0.25) is 9.59 Å². The molecule has 2 heterocycles. The van der Waals surface area contributed by atoms with Gasteiger partial charge in [-0.15, -0.1) is 0 Å². The standard InChI is InChI=1S/C20H14F2N2O3/c1-27-14-4-2-3-11-16(14)23-20(26)15-18(11)24(10-5-6-10)17-12(19(15)25)7-9(21)8-13(17)22/h2-4,7-8,10H,5-6H2,1H3,(H,23,26). The van der Waals surface area contributed by atoms with Crippen molar-refractivity contribution in [3.05, 3.63) is 62.5 Å². The van der Waals surface area contributed by atoms with Gasteiger partial charge in [-0.05, 0) is 25.0 Å². The van der Waals surface area contributed by atoms with Crippen molar-refractivity contribution in [2.75, 3.05) is 7.11 Å². The number of aromatic nitrogens is 2. The number of benzene rings is 2. The Balaban J connectivity index is 2.17. The Bertz CT molecular complexity index is 1380. The van der Waals surface area contributed by atoms with Crippen LogP contribution in [0.15, 0.2) is 39.9 Å². The maximum absolute atomic E-state index is 14.7. The molecule has 0 amide bonds. The lowest BCUT2D eigenvalue weighted by atomic mass is 10.1. The third kappa shape index (κ3) is 2.14. The number of halogens is 2. The quantitative estimate of drug-likeness (QED) is 0.434. The van der Waals surface area contributed by atoms with Crippen molar-refractivity contribution in [2.45, 2.75) is 18.9 Å². The van der Waals surface area contributed by atoms with Crippen molar-refractivity contribution in [1.82, 2.24) is 9.55 Å². The second kappa shape index (κ2) is 5.39. The van der Waals surface area contributed by atoms with E-state index in [1.165, 1.54) is 7.11 Å². The van der Waals surface area contributed by atoms with Gasteiger partial charge < -0.3 is 14.3 Å². The smallest absolute Gasteiger partial charge is 0.261 e. The number of nitrogens with one attached hydrogen (secondary N) is 1. The van der Waals surface area contributed by atoms with Crippen LogP contribution in [-0.4, -0.2) is 16.7 Å². The van der Waals surface area contributed by atoms with Crippen molar-refractivity contribution >= 4 is 32.7 Å². The number of fused-ring (bicyclic) bond motifs is 4. The number of methoxy groups -OCH3 is 1. The van der Waals surface area contributed by atoms with Crippen LogP contribution in [0, 0.1) is 11.6 Å². The lowest BCUT2D eigenvalue weighted by Gasteiger charge is -2.17. The first-order valence-electron chi connectivity index (χ1n) is 8.57. The van der Waals surface area contributed by atoms with Gasteiger partial charge in [0.1, 0.15) is 17.0 Å². The van der Waals surface area contributed by atoms with E-state index in [0.29, 0.717) is 22.2 Å². The molecule has 27 heavy (non-hydrogen) atoms. The van der Waals surface area contributed by atoms with E-state index >= 15 is 0 Å². The van der Waals surface area contributed by atoms with E-state index in [0.717, 1.165) is 25.0 Å². The minimum absolute atomic E-state index is 0.0334. The topological polar surface area (TPSA) is 64.1 Å². The molecule has 5 nitrogen and oxygen atoms in total. The summed E-state index contributed by atoms with van der Waals surface area (Å²) >= 11 is 0. The molecule has 7 heteroatoms. The number of pyridine rings is 2. The first kappa shape index (κ1) is 16.0. The fraction of sp³-hybridized carbons (Fsp3) is 0.200. The number of hydrogen-bond acceptors (Lipinski definition) is 3. The van der Waals surface area contributed by atoms with Gasteiger partial charge in [-0.1, -0.05) is 12.1 Å². The molecule has 0 unspecified atom stereocenters. The van der Waals surface area contributed by atoms with E-state index in [1.54, 1.807) is 22.8 Å². The van der Waals surface area contributed by atoms with Crippen LogP contribution in [0.25, 0.3) is 32.7 Å². The summed E-state index contributed by atoms with van der Waals surface area (Å²) < 4.78 is 35.5. The summed E-state index contributed by atoms with van der Waals surface area (Å²) in [6.45, 7) is 0. The van der Waals surface area contributed by atoms with Crippen LogP contribution in [0.5, 0.6) is 5.75 Å². The molecule has 1 aliphatic rings. The molecule has 1 saturated carbocycles. The van der Waals surface area contributed by atoms with Gasteiger partial charge in [0.25, 0.3) is 5.56 Å². The maximum atomic E-state index is 14.7. The highest BCUT2D eigenvalue weighted by Gasteiger charge is 2.30. The van der Waals surface area contributed by atoms with Crippen LogP contribution in [0.2, 0.25) is 0 Å². The van der Waals surface area contributed by atoms with Crippen LogP contribution in [0.3, 0.4) is 0 Å². The van der Waals surface area contributed by atoms with E-state index in [4.69, 9.17) is 4.74 Å². The monoisotopic (exact) mass is 368 g/mol. The highest BCUT2D eigenvalue weighted by atomic mass is 19.1. The molecule has 1 N–H and O–H groups in total. The molecule has 136 valence electrons. The Morgan fingerprint density at radius 3 is 2.59 bits per heavy atom. The fourth-order valence-corrected chi connectivity index (χ4v) is 3.83. The number of para-hydroxylation sites is 1. The Morgan fingerprint density at radius 1 is 1.11 bits per heavy atom. The summed E-state index contributed by atoms with van der Waals surface area (Å²) in [6, 6.07) is 6.90. The summed E-state index contributed by atoms with van der Waals surface area (Å²) in [5.41, 5.74) is -0.452. The van der Waals surface area contributed by atoms with Crippen molar-refractivity contribution in [1.29, 1.82) is 0 Å². The summed E-state index contributed by atoms with van der Waals surface area (Å²) in [4.78, 5) is 28.5. The van der Waals surface area contributed by atoms with Crippen molar-refractivity contribution in [2.24, 2.45) is 0 Å². The Labute approximate surface area is 150 Å². The molecule has 5 rings (SSSR count). The first-order valence-corrected chi connectivity index (χ1v) is 8.57. The normalized spacial score (nSPS) is 14.3. The average molecular weight is 368 g/mol. The lowest BCUT2D eigenvalue weighted by molar-refractivity contribution is 0.419. The van der Waals surface area contributed by atoms with Gasteiger partial charge >= 0.3 is 0 Å². The number of aromatic amines is 1. The van der Waals surface area contributed by atoms with E-state index < -0.39 is 22.6 Å². The molecule has 1 aliphatic carbocycles. The Morgan fingerprint density at radius 2 is 1.89 bits per heavy atom. The Kier molecular flexibility index (Phi) is 3.19. The van der Waals surface area contributed by atoms with E-state index in [-0.39, 0.29) is 22.3 Å². The SMILES string of the molecule is COc1cccc2c1[nH]c(=O)c1c(=O)c3cc(F)cc(F)c3n(C3CC3)c12. The molecule has 0 radical (unpaired) electrons. The number of nitrogens with zero attached hydrogens (tertiary/aromatic N) is 1. The predicted molar refractivity (Wildman–Crippen MR) is 98.6 cm³/mol. The molecule has 0 atom stereocenters. The van der Waals surface area contributed by atoms with Crippen molar-refractivity contribution in [3.8, 4) is 5.75 Å². The third-order valence-electron chi connectivity index (χ3n) is 5.10. The number of H-pyrrole nitrogens is 1. The Hall–Kier alpha value is -3.22. The second-order valence-corrected chi connectivity index (χ2v) is 6.77. The summed E-state index contributed by atoms with van der Waals surface area (Å²) in [5, 5.41) is 0.360. The van der Waals surface area contributed by atoms with Gasteiger partial charge in [0, 0.05) is 17.5 Å². The zero-order chi connectivity index (χ0) is 18.9. The lowest BCUT2D eigenvalue weighted by Crippen LogP contribution is -2.21. The number of ether oxygens (including phenoxy) is 1. The van der Waals surface area contributed by atoms with Gasteiger partial charge in [-0.25, -0.2) is 8.78 Å². The van der Waals surface area contributed by atoms with Gasteiger partial charge in [-0.2, -0.15) is 0 Å². The minimum Gasteiger partial charge on any atom is -0.495 e. The molecule has 4 aromatic rings. The van der Waals surface area contributed by atoms with E-state index in [9.17, 15) is 18.4 Å². The third-order valence-corrected chi connectivity index (χ3v) is 5.10. The molecular weight excluding hydrogens is 354 g/mol. The molecular formula is C20H14F2N2O3. The van der Waals surface area contributed by atoms with Crippen LogP contribution < -0.4 is 15.7 Å². The number of hydrogen-bond donors (Lipinski definition) is 1. The first-order chi connectivity index (χ1) is 13.0. The molecule has 2 aromatic carbocycles. The predicted octanol–water partition coefficient (Wildman–Crippen LogP) is 3.62. The average Bonchev–Trinajstić information content (AvgIpc) is 3.47. The minimum atomic E-state index is -0.849. The summed E-state index contributed by atoms with van der Waals surface area (Å²) in [6.07, 6.45) is 1.59. The highest BCUT2D eigenvalue weighted by molar-refractivity contribution is 6.08. The van der Waals surface area contributed by atoms with E-state index in [2.05, 4.69) is 4.98 Å². The summed E-state index contributed by atoms with van der Waals surface area (Å²) in [7, 11) is 1.48. The van der Waals surface area contributed by atoms with Gasteiger partial charge in [0.2, 0.25) is 5.43 Å². The number of rotatable bonds is 2. The second-order valence-electron chi connectivity index (χ2n) is 6.77. The van der Waals surface area contributed by atoms with Crippen LogP contribution in [0.4, 0.5) is 8.78 Å². The van der Waals surface area contributed by atoms with Crippen LogP contribution >= 0.6 is 0 Å². The molecule has 0 spiro atoms. The van der Waals surface area contributed by atoms with Crippen LogP contribution in [-0.2, 0) is 0 Å². The molecule has 1 fully saturated rings. The van der Waals surface area contributed by atoms with Gasteiger partial charge in [0.05, 0.1) is 29.0 Å². The van der Waals surface area contributed by atoms with E-state index in [1.807, 2.05) is 0 Å². The largest absolute Gasteiger partial charge is 0.495 e. The summed E-state index contributed by atoms with van der Waals surface area (Å²) in [5.74, 6) is -1.22. The highest BCUT2D eigenvalue weighted by Crippen LogP contribution is 2.41. The van der Waals surface area contributed by atoms with Crippen molar-refractivity contribution < 1.29 is 13.5 Å². The van der Waals surface area contributed by atoms with Gasteiger partial charge in [0.15, 0.2) is 5.82 Å². The zero-order valence-corrected chi connectivity index (χ0v) is 14.3. The fourth-order valence-electron chi connectivity index (χ4n) is 3.83. The maximum Gasteiger partial charge on any atom is 0.261 e. The molecule has 0 bridgehead atoms. The van der Waals surface area contributed by atoms with Crippen molar-refractivity contribution in [3.63, 3.8) is 0 Å².